The van der Waals surface area contributed by atoms with Crippen LogP contribution in [0.5, 0.6) is 0 Å². The molecule has 0 saturated heterocycles. The molecule has 0 aliphatic carbocycles. The van der Waals surface area contributed by atoms with Crippen molar-refractivity contribution in [3.05, 3.63) is 65.6 Å². The van der Waals surface area contributed by atoms with Gasteiger partial charge < -0.3 is 5.32 Å². The molecule has 0 radical (unpaired) electrons. The van der Waals surface area contributed by atoms with E-state index in [-0.39, 0.29) is 21.3 Å². The number of aromatic nitrogens is 4. The maximum Gasteiger partial charge on any atom is 0.214 e. The van der Waals surface area contributed by atoms with E-state index in [1.807, 2.05) is 25.1 Å². The van der Waals surface area contributed by atoms with Gasteiger partial charge in [-0.15, -0.1) is 5.10 Å². The number of hydrogen-bond acceptors (Lipinski definition) is 6. The van der Waals surface area contributed by atoms with Gasteiger partial charge >= 0.3 is 0 Å². The lowest BCUT2D eigenvalue weighted by Gasteiger charge is -2.07. The third-order valence-corrected chi connectivity index (χ3v) is 6.34. The van der Waals surface area contributed by atoms with Crippen LogP contribution in [-0.4, -0.2) is 35.0 Å². The van der Waals surface area contributed by atoms with E-state index in [4.69, 9.17) is 11.6 Å². The quantitative estimate of drug-likeness (QED) is 0.549. The summed E-state index contributed by atoms with van der Waals surface area (Å²) in [6, 6.07) is 11.6. The molecule has 1 aromatic carbocycles. The molecule has 3 heterocycles. The van der Waals surface area contributed by atoms with Crippen molar-refractivity contribution in [1.82, 2.24) is 19.6 Å². The van der Waals surface area contributed by atoms with Gasteiger partial charge in [0, 0.05) is 35.7 Å². The molecule has 4 aromatic rings. The number of nitrogens with zero attached hydrogens (tertiary/aromatic N) is 4. The van der Waals surface area contributed by atoms with Gasteiger partial charge in [0.15, 0.2) is 16.4 Å². The summed E-state index contributed by atoms with van der Waals surface area (Å²) in [6.07, 6.45) is 3.32. The van der Waals surface area contributed by atoms with Crippen LogP contribution >= 0.6 is 11.6 Å². The van der Waals surface area contributed by atoms with Gasteiger partial charge in [0.2, 0.25) is 9.84 Å². The van der Waals surface area contributed by atoms with Crippen molar-refractivity contribution in [2.45, 2.75) is 16.7 Å². The van der Waals surface area contributed by atoms with Crippen molar-refractivity contribution in [2.24, 2.45) is 0 Å². The molecular formula is C19H16ClN5O2S. The summed E-state index contributed by atoms with van der Waals surface area (Å²) in [6.45, 7) is 1.85. The molecule has 0 atom stereocenters. The molecule has 1 N–H and O–H groups in total. The van der Waals surface area contributed by atoms with Crippen LogP contribution in [0.25, 0.3) is 16.9 Å². The molecule has 0 spiro atoms. The molecule has 3 aromatic heterocycles. The van der Waals surface area contributed by atoms with Gasteiger partial charge in [-0.1, -0.05) is 17.7 Å². The SMILES string of the molecule is CNc1nn2c(C)cc(-c3ccncc3)nc2c1S(=O)(=O)c1cccc(Cl)c1. The van der Waals surface area contributed by atoms with Gasteiger partial charge in [-0.05, 0) is 43.3 Å². The van der Waals surface area contributed by atoms with E-state index in [0.717, 1.165) is 11.3 Å². The zero-order valence-corrected chi connectivity index (χ0v) is 16.7. The normalized spacial score (nSPS) is 11.7. The summed E-state index contributed by atoms with van der Waals surface area (Å²) in [5.74, 6) is 0.224. The van der Waals surface area contributed by atoms with E-state index < -0.39 is 9.84 Å². The van der Waals surface area contributed by atoms with Gasteiger partial charge in [0.25, 0.3) is 0 Å². The summed E-state index contributed by atoms with van der Waals surface area (Å²) in [7, 11) is -2.29. The monoisotopic (exact) mass is 413 g/mol. The Bertz CT molecular complexity index is 1290. The average molecular weight is 414 g/mol. The van der Waals surface area contributed by atoms with Crippen LogP contribution in [-0.2, 0) is 9.84 Å². The van der Waals surface area contributed by atoms with E-state index in [1.54, 1.807) is 31.6 Å². The molecule has 142 valence electrons. The first-order chi connectivity index (χ1) is 13.4. The number of pyridine rings is 1. The molecule has 4 rings (SSSR count). The van der Waals surface area contributed by atoms with Crippen LogP contribution < -0.4 is 5.32 Å². The predicted octanol–water partition coefficient (Wildman–Crippen LogP) is 3.63. The fourth-order valence-electron chi connectivity index (χ4n) is 2.98. The van der Waals surface area contributed by atoms with E-state index in [9.17, 15) is 8.42 Å². The second kappa shape index (κ2) is 6.88. The molecule has 9 heteroatoms. The highest BCUT2D eigenvalue weighted by Gasteiger charge is 2.29. The summed E-state index contributed by atoms with van der Waals surface area (Å²) in [5, 5.41) is 7.60. The van der Waals surface area contributed by atoms with Crippen molar-refractivity contribution in [1.29, 1.82) is 0 Å². The largest absolute Gasteiger partial charge is 0.370 e. The zero-order valence-electron chi connectivity index (χ0n) is 15.1. The van der Waals surface area contributed by atoms with E-state index in [2.05, 4.69) is 20.4 Å². The molecule has 0 aliphatic heterocycles. The van der Waals surface area contributed by atoms with Gasteiger partial charge in [0.05, 0.1) is 10.6 Å². The standard InChI is InChI=1S/C19H16ClN5O2S/c1-12-10-16(13-6-8-22-9-7-13)23-19-17(18(21-2)24-25(12)19)28(26,27)15-5-3-4-14(20)11-15/h3-11H,1-2H3,(H,21,24). The molecule has 28 heavy (non-hydrogen) atoms. The van der Waals surface area contributed by atoms with Crippen molar-refractivity contribution >= 4 is 32.9 Å². The minimum absolute atomic E-state index is 0.0104. The Kier molecular flexibility index (Phi) is 4.52. The van der Waals surface area contributed by atoms with Crippen molar-refractivity contribution in [3.63, 3.8) is 0 Å². The molecule has 7 nitrogen and oxygen atoms in total. The molecule has 0 aliphatic rings. The molecular weight excluding hydrogens is 398 g/mol. The minimum atomic E-state index is -3.91. The Morgan fingerprint density at radius 3 is 2.54 bits per heavy atom. The van der Waals surface area contributed by atoms with Crippen LogP contribution in [0.3, 0.4) is 0 Å². The first-order valence-corrected chi connectivity index (χ1v) is 10.3. The van der Waals surface area contributed by atoms with Crippen molar-refractivity contribution in [3.8, 4) is 11.3 Å². The van der Waals surface area contributed by atoms with Crippen LogP contribution in [0.2, 0.25) is 5.02 Å². The predicted molar refractivity (Wildman–Crippen MR) is 107 cm³/mol. The first-order valence-electron chi connectivity index (χ1n) is 8.41. The van der Waals surface area contributed by atoms with Gasteiger partial charge in [0.1, 0.15) is 0 Å². The maximum atomic E-state index is 13.4. The Morgan fingerprint density at radius 2 is 1.86 bits per heavy atom. The topological polar surface area (TPSA) is 89.2 Å². The van der Waals surface area contributed by atoms with Gasteiger partial charge in [-0.3, -0.25) is 4.98 Å². The Balaban J connectivity index is 2.03. The number of sulfone groups is 1. The molecule has 0 fully saturated rings. The highest BCUT2D eigenvalue weighted by Crippen LogP contribution is 2.33. The van der Waals surface area contributed by atoms with E-state index in [1.165, 1.54) is 16.6 Å². The number of nitrogens with one attached hydrogen (secondary N) is 1. The van der Waals surface area contributed by atoms with Crippen LogP contribution in [0.4, 0.5) is 5.82 Å². The first kappa shape index (κ1) is 18.4. The maximum absolute atomic E-state index is 13.4. The third kappa shape index (κ3) is 3.00. The Hall–Kier alpha value is -2.97. The molecule has 0 amide bonds. The number of halogens is 1. The minimum Gasteiger partial charge on any atom is -0.370 e. The Morgan fingerprint density at radius 1 is 1.11 bits per heavy atom. The average Bonchev–Trinajstić information content (AvgIpc) is 3.08. The van der Waals surface area contributed by atoms with Crippen LogP contribution in [0.1, 0.15) is 5.69 Å². The molecule has 0 unspecified atom stereocenters. The summed E-state index contributed by atoms with van der Waals surface area (Å²) < 4.78 is 28.3. The molecule has 0 saturated carbocycles. The fraction of sp³-hybridized carbons (Fsp3) is 0.105. The summed E-state index contributed by atoms with van der Waals surface area (Å²) >= 11 is 6.01. The van der Waals surface area contributed by atoms with Crippen LogP contribution in [0, 0.1) is 6.92 Å². The van der Waals surface area contributed by atoms with E-state index >= 15 is 0 Å². The van der Waals surface area contributed by atoms with Gasteiger partial charge in [-0.25, -0.2) is 17.9 Å². The highest BCUT2D eigenvalue weighted by molar-refractivity contribution is 7.91. The number of anilines is 1. The second-order valence-electron chi connectivity index (χ2n) is 6.14. The van der Waals surface area contributed by atoms with E-state index in [0.29, 0.717) is 10.7 Å². The molecule has 0 bridgehead atoms. The lowest BCUT2D eigenvalue weighted by molar-refractivity contribution is 0.597. The third-order valence-electron chi connectivity index (χ3n) is 4.31. The summed E-state index contributed by atoms with van der Waals surface area (Å²) in [4.78, 5) is 8.72. The second-order valence-corrected chi connectivity index (χ2v) is 8.47. The number of fused-ring (bicyclic) bond motifs is 1. The number of aryl methyl sites for hydroxylation is 1. The lowest BCUT2D eigenvalue weighted by atomic mass is 10.2. The van der Waals surface area contributed by atoms with Gasteiger partial charge in [-0.2, -0.15) is 0 Å². The lowest BCUT2D eigenvalue weighted by Crippen LogP contribution is -2.06. The zero-order chi connectivity index (χ0) is 19.9. The van der Waals surface area contributed by atoms with Crippen LogP contribution in [0.15, 0.2) is 64.6 Å². The highest BCUT2D eigenvalue weighted by atomic mass is 35.5. The smallest absolute Gasteiger partial charge is 0.214 e. The number of hydrogen-bond donors (Lipinski definition) is 1. The Labute approximate surface area is 166 Å². The number of rotatable bonds is 4. The fourth-order valence-corrected chi connectivity index (χ4v) is 4.78. The number of benzene rings is 1. The van der Waals surface area contributed by atoms with Crippen molar-refractivity contribution in [2.75, 3.05) is 12.4 Å². The summed E-state index contributed by atoms with van der Waals surface area (Å²) in [5.41, 5.74) is 2.47. The van der Waals surface area contributed by atoms with Crippen molar-refractivity contribution < 1.29 is 8.42 Å².